The van der Waals surface area contributed by atoms with E-state index in [-0.39, 0.29) is 12.5 Å². The Hall–Kier alpha value is -1.69. The van der Waals surface area contributed by atoms with Crippen LogP contribution in [0, 0.1) is 0 Å². The summed E-state index contributed by atoms with van der Waals surface area (Å²) in [6, 6.07) is 18.8. The Bertz CT molecular complexity index is 569. The van der Waals surface area contributed by atoms with Crippen LogP contribution in [-0.2, 0) is 14.6 Å². The van der Waals surface area contributed by atoms with E-state index < -0.39 is 10.4 Å². The van der Waals surface area contributed by atoms with Crippen molar-refractivity contribution in [2.45, 2.75) is 5.92 Å². The van der Waals surface area contributed by atoms with E-state index in [1.807, 2.05) is 60.7 Å². The van der Waals surface area contributed by atoms with Crippen molar-refractivity contribution in [3.8, 4) is 0 Å². The topological polar surface area (TPSA) is 63.6 Å². The van der Waals surface area contributed by atoms with E-state index in [0.717, 1.165) is 11.1 Å². The molecule has 100 valence electrons. The van der Waals surface area contributed by atoms with Crippen molar-refractivity contribution in [1.82, 2.24) is 0 Å². The van der Waals surface area contributed by atoms with E-state index in [1.165, 1.54) is 0 Å². The van der Waals surface area contributed by atoms with Gasteiger partial charge < -0.3 is 0 Å². The highest BCUT2D eigenvalue weighted by Crippen LogP contribution is 2.25. The van der Waals surface area contributed by atoms with E-state index in [0.29, 0.717) is 0 Å². The molecule has 0 heterocycles. The quantitative estimate of drug-likeness (QED) is 0.854. The van der Waals surface area contributed by atoms with Gasteiger partial charge in [0.1, 0.15) is 0 Å². The largest absolute Gasteiger partial charge is 0.397 e. The SMILES string of the molecule is O=S(=O)(O)OCC(c1ccccc1)c1ccccc1. The molecule has 2 aromatic rings. The molecule has 0 radical (unpaired) electrons. The number of rotatable bonds is 5. The zero-order valence-electron chi connectivity index (χ0n) is 10.1. The maximum Gasteiger partial charge on any atom is 0.397 e. The molecule has 0 spiro atoms. The van der Waals surface area contributed by atoms with Crippen LogP contribution in [0.25, 0.3) is 0 Å². The molecule has 2 rings (SSSR count). The minimum absolute atomic E-state index is 0.132. The highest BCUT2D eigenvalue weighted by atomic mass is 32.3. The average molecular weight is 278 g/mol. The smallest absolute Gasteiger partial charge is 0.264 e. The minimum Gasteiger partial charge on any atom is -0.264 e. The highest BCUT2D eigenvalue weighted by Gasteiger charge is 2.17. The number of hydrogen-bond donors (Lipinski definition) is 1. The third-order valence-electron chi connectivity index (χ3n) is 2.79. The lowest BCUT2D eigenvalue weighted by Crippen LogP contribution is -2.13. The van der Waals surface area contributed by atoms with Gasteiger partial charge in [0.25, 0.3) is 0 Å². The molecule has 0 aliphatic carbocycles. The molecule has 0 fully saturated rings. The summed E-state index contributed by atoms with van der Waals surface area (Å²) in [4.78, 5) is 0. The first-order valence-electron chi connectivity index (χ1n) is 5.78. The van der Waals surface area contributed by atoms with E-state index in [9.17, 15) is 8.42 Å². The third kappa shape index (κ3) is 4.17. The Kier molecular flexibility index (Phi) is 4.31. The zero-order valence-corrected chi connectivity index (χ0v) is 11.0. The molecule has 0 bridgehead atoms. The second-order valence-corrected chi connectivity index (χ2v) is 5.18. The molecule has 5 heteroatoms. The van der Waals surface area contributed by atoms with E-state index in [4.69, 9.17) is 4.55 Å². The molecule has 0 aromatic heterocycles. The van der Waals surface area contributed by atoms with Crippen LogP contribution in [-0.4, -0.2) is 19.6 Å². The van der Waals surface area contributed by atoms with Gasteiger partial charge >= 0.3 is 10.4 Å². The lowest BCUT2D eigenvalue weighted by molar-refractivity contribution is 0.260. The van der Waals surface area contributed by atoms with Crippen LogP contribution in [0.1, 0.15) is 17.0 Å². The van der Waals surface area contributed by atoms with Gasteiger partial charge in [-0.05, 0) is 11.1 Å². The highest BCUT2D eigenvalue weighted by molar-refractivity contribution is 7.80. The summed E-state index contributed by atoms with van der Waals surface area (Å²) < 4.78 is 34.7. The van der Waals surface area contributed by atoms with Gasteiger partial charge in [0.2, 0.25) is 0 Å². The first-order chi connectivity index (χ1) is 9.06. The fraction of sp³-hybridized carbons (Fsp3) is 0.143. The maximum atomic E-state index is 10.7. The van der Waals surface area contributed by atoms with Gasteiger partial charge in [0, 0.05) is 5.92 Å². The van der Waals surface area contributed by atoms with Crippen LogP contribution in [0.2, 0.25) is 0 Å². The maximum absolute atomic E-state index is 10.7. The normalized spacial score (nSPS) is 11.7. The fourth-order valence-electron chi connectivity index (χ4n) is 1.91. The van der Waals surface area contributed by atoms with Crippen LogP contribution in [0.3, 0.4) is 0 Å². The summed E-state index contributed by atoms with van der Waals surface area (Å²) in [6.07, 6.45) is 0. The van der Waals surface area contributed by atoms with Crippen LogP contribution >= 0.6 is 0 Å². The lowest BCUT2D eigenvalue weighted by Gasteiger charge is -2.16. The molecule has 0 unspecified atom stereocenters. The molecular weight excluding hydrogens is 264 g/mol. The van der Waals surface area contributed by atoms with Gasteiger partial charge in [0.15, 0.2) is 0 Å². The Morgan fingerprint density at radius 1 is 0.895 bits per heavy atom. The van der Waals surface area contributed by atoms with Gasteiger partial charge in [-0.1, -0.05) is 60.7 Å². The molecule has 0 aliphatic rings. The molecular formula is C14H14O4S. The van der Waals surface area contributed by atoms with E-state index in [2.05, 4.69) is 4.18 Å². The molecule has 0 atom stereocenters. The standard InChI is InChI=1S/C14H14O4S/c15-19(16,17)18-11-14(12-7-3-1-4-8-12)13-9-5-2-6-10-13/h1-10,14H,11H2,(H,15,16,17). The van der Waals surface area contributed by atoms with Gasteiger partial charge in [0.05, 0.1) is 6.61 Å². The van der Waals surface area contributed by atoms with Gasteiger partial charge in [-0.15, -0.1) is 0 Å². The summed E-state index contributed by atoms with van der Waals surface area (Å²) >= 11 is 0. The summed E-state index contributed by atoms with van der Waals surface area (Å²) in [7, 11) is -4.44. The molecule has 2 aromatic carbocycles. The second kappa shape index (κ2) is 5.97. The minimum atomic E-state index is -4.44. The van der Waals surface area contributed by atoms with E-state index >= 15 is 0 Å². The monoisotopic (exact) mass is 278 g/mol. The molecule has 4 nitrogen and oxygen atoms in total. The van der Waals surface area contributed by atoms with Gasteiger partial charge in [-0.3, -0.25) is 4.55 Å². The molecule has 19 heavy (non-hydrogen) atoms. The Morgan fingerprint density at radius 3 is 1.68 bits per heavy atom. The molecule has 0 aliphatic heterocycles. The molecule has 0 saturated heterocycles. The zero-order chi connectivity index (χ0) is 13.7. The second-order valence-electron chi connectivity index (χ2n) is 4.09. The Morgan fingerprint density at radius 2 is 1.32 bits per heavy atom. The Labute approximate surface area is 112 Å². The summed E-state index contributed by atoms with van der Waals surface area (Å²) in [5, 5.41) is 0. The van der Waals surface area contributed by atoms with Gasteiger partial charge in [-0.25, -0.2) is 4.18 Å². The molecule has 0 amide bonds. The van der Waals surface area contributed by atoms with Crippen molar-refractivity contribution in [1.29, 1.82) is 0 Å². The first-order valence-corrected chi connectivity index (χ1v) is 7.14. The molecule has 0 saturated carbocycles. The number of hydrogen-bond acceptors (Lipinski definition) is 3. The lowest BCUT2D eigenvalue weighted by atomic mass is 9.92. The fourth-order valence-corrected chi connectivity index (χ4v) is 2.22. The summed E-state index contributed by atoms with van der Waals surface area (Å²) in [6.45, 7) is -0.132. The van der Waals surface area contributed by atoms with Crippen molar-refractivity contribution in [3.63, 3.8) is 0 Å². The van der Waals surface area contributed by atoms with Crippen LogP contribution < -0.4 is 0 Å². The Balaban J connectivity index is 2.29. The van der Waals surface area contributed by atoms with Crippen molar-refractivity contribution in [3.05, 3.63) is 71.8 Å². The van der Waals surface area contributed by atoms with Crippen LogP contribution in [0.4, 0.5) is 0 Å². The summed E-state index contributed by atoms with van der Waals surface area (Å²) in [5.74, 6) is -0.246. The van der Waals surface area contributed by atoms with Crippen molar-refractivity contribution < 1.29 is 17.2 Å². The van der Waals surface area contributed by atoms with Gasteiger partial charge in [-0.2, -0.15) is 8.42 Å². The average Bonchev–Trinajstić information content (AvgIpc) is 2.40. The number of benzene rings is 2. The van der Waals surface area contributed by atoms with Crippen molar-refractivity contribution in [2.24, 2.45) is 0 Å². The van der Waals surface area contributed by atoms with Crippen molar-refractivity contribution in [2.75, 3.05) is 6.61 Å². The summed E-state index contributed by atoms with van der Waals surface area (Å²) in [5.41, 5.74) is 1.86. The predicted molar refractivity (Wildman–Crippen MR) is 72.2 cm³/mol. The van der Waals surface area contributed by atoms with Crippen molar-refractivity contribution >= 4 is 10.4 Å². The third-order valence-corrected chi connectivity index (χ3v) is 3.22. The molecule has 1 N–H and O–H groups in total. The first kappa shape index (κ1) is 13.7. The van der Waals surface area contributed by atoms with Crippen LogP contribution in [0.15, 0.2) is 60.7 Å². The predicted octanol–water partition coefficient (Wildman–Crippen LogP) is 2.64. The van der Waals surface area contributed by atoms with Crippen LogP contribution in [0.5, 0.6) is 0 Å². The van der Waals surface area contributed by atoms with E-state index in [1.54, 1.807) is 0 Å².